The summed E-state index contributed by atoms with van der Waals surface area (Å²) < 4.78 is 0. The third-order valence-electron chi connectivity index (χ3n) is 4.41. The number of hydrogen-bond acceptors (Lipinski definition) is 4. The topological polar surface area (TPSA) is 57.3 Å². The lowest BCUT2D eigenvalue weighted by atomic mass is 10.0. The van der Waals surface area contributed by atoms with Crippen molar-refractivity contribution in [3.63, 3.8) is 0 Å². The number of hydrogen-bond donors (Lipinski definition) is 2. The number of benzene rings is 1. The number of carbonyl (C=O) groups excluding carboxylic acids is 1. The normalized spacial score (nSPS) is 15.9. The molecule has 1 aliphatic heterocycles. The highest BCUT2D eigenvalue weighted by molar-refractivity contribution is 5.92. The van der Waals surface area contributed by atoms with E-state index in [1.807, 2.05) is 18.2 Å². The summed E-state index contributed by atoms with van der Waals surface area (Å²) in [4.78, 5) is 19.1. The quantitative estimate of drug-likeness (QED) is 0.887. The Morgan fingerprint density at radius 1 is 1.12 bits per heavy atom. The van der Waals surface area contributed by atoms with Crippen molar-refractivity contribution >= 4 is 11.7 Å². The van der Waals surface area contributed by atoms with Crippen molar-refractivity contribution in [3.05, 3.63) is 59.8 Å². The number of rotatable bonds is 5. The van der Waals surface area contributed by atoms with E-state index in [1.165, 1.54) is 5.56 Å². The van der Waals surface area contributed by atoms with Crippen LogP contribution in [-0.2, 0) is 6.54 Å². The van der Waals surface area contributed by atoms with Crippen LogP contribution in [0.1, 0.15) is 28.9 Å². The summed E-state index contributed by atoms with van der Waals surface area (Å²) >= 11 is 0. The van der Waals surface area contributed by atoms with E-state index >= 15 is 0 Å². The fourth-order valence-corrected chi connectivity index (χ4v) is 3.04. The highest BCUT2D eigenvalue weighted by Gasteiger charge is 2.21. The number of piperidine rings is 1. The third-order valence-corrected chi connectivity index (χ3v) is 4.41. The first-order valence-electron chi connectivity index (χ1n) is 8.46. The predicted molar refractivity (Wildman–Crippen MR) is 96.0 cm³/mol. The minimum absolute atomic E-state index is 0.0893. The molecule has 0 unspecified atom stereocenters. The van der Waals surface area contributed by atoms with Gasteiger partial charge in [0.25, 0.3) is 5.91 Å². The van der Waals surface area contributed by atoms with Crippen LogP contribution in [0.2, 0.25) is 0 Å². The van der Waals surface area contributed by atoms with Gasteiger partial charge in [0.1, 0.15) is 11.5 Å². The molecule has 1 aromatic heterocycles. The van der Waals surface area contributed by atoms with Crippen molar-refractivity contribution in [2.45, 2.75) is 25.4 Å². The first-order chi connectivity index (χ1) is 11.7. The van der Waals surface area contributed by atoms with Gasteiger partial charge in [-0.2, -0.15) is 0 Å². The molecule has 3 rings (SSSR count). The summed E-state index contributed by atoms with van der Waals surface area (Å²) in [6.45, 7) is 2.99. The van der Waals surface area contributed by atoms with Gasteiger partial charge in [-0.05, 0) is 30.5 Å². The number of pyridine rings is 1. The first kappa shape index (κ1) is 16.5. The van der Waals surface area contributed by atoms with Crippen LogP contribution in [0.5, 0.6) is 0 Å². The Hall–Kier alpha value is -2.40. The van der Waals surface area contributed by atoms with Crippen molar-refractivity contribution in [1.29, 1.82) is 0 Å². The summed E-state index contributed by atoms with van der Waals surface area (Å²) in [5, 5.41) is 6.07. The lowest BCUT2D eigenvalue weighted by Gasteiger charge is -2.32. The summed E-state index contributed by atoms with van der Waals surface area (Å²) in [5.74, 6) is 0.619. The zero-order valence-corrected chi connectivity index (χ0v) is 14.0. The van der Waals surface area contributed by atoms with E-state index in [9.17, 15) is 4.79 Å². The molecular formula is C19H24N4O. The Bertz CT molecular complexity index is 666. The maximum atomic E-state index is 12.3. The lowest BCUT2D eigenvalue weighted by molar-refractivity contribution is 0.0904. The van der Waals surface area contributed by atoms with E-state index in [-0.39, 0.29) is 11.9 Å². The molecule has 0 spiro atoms. The van der Waals surface area contributed by atoms with E-state index in [0.29, 0.717) is 11.5 Å². The van der Waals surface area contributed by atoms with E-state index in [4.69, 9.17) is 0 Å². The van der Waals surface area contributed by atoms with Gasteiger partial charge in [-0.25, -0.2) is 4.98 Å². The number of carbonyl (C=O) groups is 1. The Morgan fingerprint density at radius 3 is 2.58 bits per heavy atom. The number of likely N-dealkylation sites (tertiary alicyclic amines) is 1. The Morgan fingerprint density at radius 2 is 1.88 bits per heavy atom. The van der Waals surface area contributed by atoms with Gasteiger partial charge >= 0.3 is 0 Å². The van der Waals surface area contributed by atoms with Gasteiger partial charge in [0, 0.05) is 32.7 Å². The molecule has 1 fully saturated rings. The van der Waals surface area contributed by atoms with Crippen molar-refractivity contribution < 1.29 is 4.79 Å². The molecule has 5 heteroatoms. The molecule has 5 nitrogen and oxygen atoms in total. The SMILES string of the molecule is CNc1cccc(C(=O)NC2CCN(Cc3ccccc3)CC2)n1. The predicted octanol–water partition coefficient (Wildman–Crippen LogP) is 2.52. The highest BCUT2D eigenvalue weighted by atomic mass is 16.1. The van der Waals surface area contributed by atoms with Crippen LogP contribution in [0.3, 0.4) is 0 Å². The summed E-state index contributed by atoms with van der Waals surface area (Å²) in [6, 6.07) is 16.2. The molecule has 2 heterocycles. The largest absolute Gasteiger partial charge is 0.373 e. The zero-order chi connectivity index (χ0) is 16.8. The molecule has 2 aromatic rings. The molecule has 0 saturated carbocycles. The van der Waals surface area contributed by atoms with E-state index < -0.39 is 0 Å². The second-order valence-corrected chi connectivity index (χ2v) is 6.17. The third kappa shape index (κ3) is 4.32. The average Bonchev–Trinajstić information content (AvgIpc) is 2.64. The minimum atomic E-state index is -0.0893. The standard InChI is InChI=1S/C19H24N4O/c1-20-18-9-5-8-17(22-18)19(24)21-16-10-12-23(13-11-16)14-15-6-3-2-4-7-15/h2-9,16H,10-14H2,1H3,(H,20,22)(H,21,24). The minimum Gasteiger partial charge on any atom is -0.373 e. The van der Waals surface area contributed by atoms with Gasteiger partial charge in [-0.1, -0.05) is 36.4 Å². The molecule has 0 atom stereocenters. The lowest BCUT2D eigenvalue weighted by Crippen LogP contribution is -2.44. The van der Waals surface area contributed by atoms with Gasteiger partial charge in [0.2, 0.25) is 0 Å². The second-order valence-electron chi connectivity index (χ2n) is 6.17. The van der Waals surface area contributed by atoms with Crippen molar-refractivity contribution in [3.8, 4) is 0 Å². The van der Waals surface area contributed by atoms with Gasteiger partial charge in [-0.3, -0.25) is 9.69 Å². The number of nitrogens with one attached hydrogen (secondary N) is 2. The Labute approximate surface area is 143 Å². The fraction of sp³-hybridized carbons (Fsp3) is 0.368. The number of nitrogens with zero attached hydrogens (tertiary/aromatic N) is 2. The summed E-state index contributed by atoms with van der Waals surface area (Å²) in [6.07, 6.45) is 1.95. The van der Waals surface area contributed by atoms with Crippen molar-refractivity contribution in [2.75, 3.05) is 25.5 Å². The summed E-state index contributed by atoms with van der Waals surface area (Å²) in [5.41, 5.74) is 1.81. The van der Waals surface area contributed by atoms with E-state index in [2.05, 4.69) is 44.8 Å². The molecule has 0 bridgehead atoms. The molecule has 1 aromatic carbocycles. The van der Waals surface area contributed by atoms with Crippen LogP contribution in [0.4, 0.5) is 5.82 Å². The van der Waals surface area contributed by atoms with Crippen molar-refractivity contribution in [1.82, 2.24) is 15.2 Å². The van der Waals surface area contributed by atoms with Crippen LogP contribution in [-0.4, -0.2) is 42.0 Å². The van der Waals surface area contributed by atoms with Gasteiger partial charge in [-0.15, -0.1) is 0 Å². The molecule has 0 radical (unpaired) electrons. The first-order valence-corrected chi connectivity index (χ1v) is 8.46. The van der Waals surface area contributed by atoms with Crippen LogP contribution in [0, 0.1) is 0 Å². The molecular weight excluding hydrogens is 300 g/mol. The van der Waals surface area contributed by atoms with Crippen LogP contribution < -0.4 is 10.6 Å². The van der Waals surface area contributed by atoms with Gasteiger partial charge < -0.3 is 10.6 Å². The maximum Gasteiger partial charge on any atom is 0.270 e. The molecule has 0 aliphatic carbocycles. The smallest absolute Gasteiger partial charge is 0.270 e. The Balaban J connectivity index is 1.49. The van der Waals surface area contributed by atoms with Crippen molar-refractivity contribution in [2.24, 2.45) is 0 Å². The monoisotopic (exact) mass is 324 g/mol. The molecule has 1 amide bonds. The molecule has 1 saturated heterocycles. The Kier molecular flexibility index (Phi) is 5.43. The fourth-order valence-electron chi connectivity index (χ4n) is 3.04. The molecule has 24 heavy (non-hydrogen) atoms. The van der Waals surface area contributed by atoms with Crippen LogP contribution in [0.15, 0.2) is 48.5 Å². The van der Waals surface area contributed by atoms with Crippen LogP contribution in [0.25, 0.3) is 0 Å². The van der Waals surface area contributed by atoms with E-state index in [0.717, 1.165) is 32.5 Å². The molecule has 126 valence electrons. The summed E-state index contributed by atoms with van der Waals surface area (Å²) in [7, 11) is 1.80. The average molecular weight is 324 g/mol. The zero-order valence-electron chi connectivity index (χ0n) is 14.0. The van der Waals surface area contributed by atoms with E-state index in [1.54, 1.807) is 13.1 Å². The maximum absolute atomic E-state index is 12.3. The highest BCUT2D eigenvalue weighted by Crippen LogP contribution is 2.14. The van der Waals surface area contributed by atoms with Gasteiger partial charge in [0.15, 0.2) is 0 Å². The van der Waals surface area contributed by atoms with Gasteiger partial charge in [0.05, 0.1) is 0 Å². The molecule has 2 N–H and O–H groups in total. The number of aromatic nitrogens is 1. The molecule has 1 aliphatic rings. The van der Waals surface area contributed by atoms with Crippen LogP contribution >= 0.6 is 0 Å². The number of amides is 1. The second kappa shape index (κ2) is 7.93. The number of anilines is 1.